The second kappa shape index (κ2) is 7.36. The molecule has 2 amide bonds. The smallest absolute Gasteiger partial charge is 0.315 e. The molecule has 1 N–H and O–H groups in total. The maximum absolute atomic E-state index is 13.6. The number of nitrogens with one attached hydrogen (secondary N) is 1. The van der Waals surface area contributed by atoms with E-state index in [4.69, 9.17) is 11.6 Å². The summed E-state index contributed by atoms with van der Waals surface area (Å²) < 4.78 is 0. The highest BCUT2D eigenvalue weighted by atomic mass is 35.5. The number of rotatable bonds is 4. The number of urea groups is 1. The van der Waals surface area contributed by atoms with Gasteiger partial charge in [0.15, 0.2) is 0 Å². The molecule has 6 rings (SSSR count). The van der Waals surface area contributed by atoms with Crippen molar-refractivity contribution < 1.29 is 4.79 Å². The van der Waals surface area contributed by atoms with Gasteiger partial charge in [-0.05, 0) is 93.0 Å². The molecule has 0 heterocycles. The molecule has 4 fully saturated rings. The zero-order valence-electron chi connectivity index (χ0n) is 17.0. The van der Waals surface area contributed by atoms with Crippen LogP contribution >= 0.6 is 11.6 Å². The van der Waals surface area contributed by atoms with E-state index in [0.29, 0.717) is 6.54 Å². The number of anilines is 1. The van der Waals surface area contributed by atoms with Crippen molar-refractivity contribution in [2.75, 3.05) is 5.32 Å². The molecule has 4 saturated carbocycles. The highest BCUT2D eigenvalue weighted by Gasteiger charge is 2.54. The van der Waals surface area contributed by atoms with Crippen molar-refractivity contribution >= 4 is 23.3 Å². The van der Waals surface area contributed by atoms with Gasteiger partial charge >= 0.3 is 6.03 Å². The molecule has 0 aromatic heterocycles. The lowest BCUT2D eigenvalue weighted by Crippen LogP contribution is -2.62. The summed E-state index contributed by atoms with van der Waals surface area (Å²) in [5.74, 6) is 2.38. The molecule has 152 valence electrons. The lowest BCUT2D eigenvalue weighted by Gasteiger charge is -2.60. The van der Waals surface area contributed by atoms with Crippen molar-refractivity contribution in [3.8, 4) is 0 Å². The third kappa shape index (κ3) is 3.77. The second-order valence-electron chi connectivity index (χ2n) is 9.65. The van der Waals surface area contributed by atoms with Gasteiger partial charge in [0.25, 0.3) is 0 Å². The molecule has 3 nitrogen and oxygen atoms in total. The van der Waals surface area contributed by atoms with Crippen LogP contribution in [0.25, 0.3) is 0 Å². The Morgan fingerprint density at radius 2 is 1.52 bits per heavy atom. The largest absolute Gasteiger partial charge is 0.322 e. The Balaban J connectivity index is 1.44. The molecule has 4 aliphatic carbocycles. The molecule has 4 bridgehead atoms. The molecule has 0 saturated heterocycles. The minimum absolute atomic E-state index is 0.00314. The summed E-state index contributed by atoms with van der Waals surface area (Å²) in [6.07, 6.45) is 7.59. The first-order valence-electron chi connectivity index (χ1n) is 10.9. The van der Waals surface area contributed by atoms with E-state index in [-0.39, 0.29) is 11.6 Å². The summed E-state index contributed by atoms with van der Waals surface area (Å²) in [5.41, 5.74) is 3.21. The Morgan fingerprint density at radius 1 is 0.966 bits per heavy atom. The lowest BCUT2D eigenvalue weighted by molar-refractivity contribution is -0.0712. The molecule has 0 unspecified atom stereocenters. The van der Waals surface area contributed by atoms with Crippen LogP contribution in [0.3, 0.4) is 0 Å². The number of amides is 2. The molecule has 0 aliphatic heterocycles. The lowest BCUT2D eigenvalue weighted by atomic mass is 9.52. The van der Waals surface area contributed by atoms with E-state index in [1.54, 1.807) is 0 Å². The Labute approximate surface area is 178 Å². The van der Waals surface area contributed by atoms with E-state index in [9.17, 15) is 4.79 Å². The SMILES string of the molecule is Cc1ccc(NC(=O)N(Cc2ccc(Cl)cc2)C23CC4CC(CC(C4)C2)C3)cc1. The average molecular weight is 409 g/mol. The van der Waals surface area contributed by atoms with Crippen molar-refractivity contribution in [2.45, 2.75) is 57.5 Å². The number of nitrogens with zero attached hydrogens (tertiary/aromatic N) is 1. The molecular weight excluding hydrogens is 380 g/mol. The zero-order valence-corrected chi connectivity index (χ0v) is 17.8. The summed E-state index contributed by atoms with van der Waals surface area (Å²) in [5, 5.41) is 3.92. The topological polar surface area (TPSA) is 32.3 Å². The summed E-state index contributed by atoms with van der Waals surface area (Å²) >= 11 is 6.09. The van der Waals surface area contributed by atoms with Gasteiger partial charge in [0, 0.05) is 22.8 Å². The number of halogens is 1. The molecule has 0 radical (unpaired) electrons. The van der Waals surface area contributed by atoms with Crippen LogP contribution in [-0.4, -0.2) is 16.5 Å². The summed E-state index contributed by atoms with van der Waals surface area (Å²) in [6, 6.07) is 16.1. The third-order valence-electron chi connectivity index (χ3n) is 7.38. The van der Waals surface area contributed by atoms with Crippen molar-refractivity contribution in [3.05, 3.63) is 64.7 Å². The van der Waals surface area contributed by atoms with E-state index >= 15 is 0 Å². The Morgan fingerprint density at radius 3 is 2.07 bits per heavy atom. The molecule has 0 spiro atoms. The maximum Gasteiger partial charge on any atom is 0.322 e. The van der Waals surface area contributed by atoms with Gasteiger partial charge in [-0.3, -0.25) is 0 Å². The van der Waals surface area contributed by atoms with Crippen LogP contribution < -0.4 is 5.32 Å². The molecule has 29 heavy (non-hydrogen) atoms. The van der Waals surface area contributed by atoms with E-state index in [2.05, 4.69) is 29.3 Å². The quantitative estimate of drug-likeness (QED) is 0.603. The third-order valence-corrected chi connectivity index (χ3v) is 7.63. The van der Waals surface area contributed by atoms with Crippen molar-refractivity contribution in [2.24, 2.45) is 17.8 Å². The van der Waals surface area contributed by atoms with Crippen molar-refractivity contribution in [1.29, 1.82) is 0 Å². The summed E-state index contributed by atoms with van der Waals surface area (Å²) in [6.45, 7) is 2.70. The summed E-state index contributed by atoms with van der Waals surface area (Å²) in [7, 11) is 0. The molecule has 0 atom stereocenters. The first-order valence-corrected chi connectivity index (χ1v) is 11.3. The van der Waals surface area contributed by atoms with E-state index < -0.39 is 0 Å². The Hall–Kier alpha value is -2.00. The highest BCUT2D eigenvalue weighted by molar-refractivity contribution is 6.30. The highest BCUT2D eigenvalue weighted by Crippen LogP contribution is 2.58. The van der Waals surface area contributed by atoms with Crippen LogP contribution in [0.2, 0.25) is 5.02 Å². The fraction of sp³-hybridized carbons (Fsp3) is 0.480. The van der Waals surface area contributed by atoms with Gasteiger partial charge in [-0.1, -0.05) is 41.4 Å². The second-order valence-corrected chi connectivity index (χ2v) is 10.1. The first-order chi connectivity index (χ1) is 14.0. The number of carbonyl (C=O) groups excluding carboxylic acids is 1. The zero-order chi connectivity index (χ0) is 20.0. The first kappa shape index (κ1) is 19.0. The minimum atomic E-state index is 0.00314. The monoisotopic (exact) mass is 408 g/mol. The van der Waals surface area contributed by atoms with Gasteiger partial charge in [0.1, 0.15) is 0 Å². The normalized spacial score (nSPS) is 29.7. The van der Waals surface area contributed by atoms with Gasteiger partial charge in [0.2, 0.25) is 0 Å². The number of benzene rings is 2. The van der Waals surface area contributed by atoms with Gasteiger partial charge in [-0.25, -0.2) is 4.79 Å². The van der Waals surface area contributed by atoms with Crippen LogP contribution in [0.1, 0.15) is 49.7 Å². The fourth-order valence-electron chi connectivity index (χ4n) is 6.45. The molecular formula is C25H29ClN2O. The van der Waals surface area contributed by atoms with Gasteiger partial charge in [-0.15, -0.1) is 0 Å². The van der Waals surface area contributed by atoms with E-state index in [1.165, 1.54) is 24.8 Å². The Kier molecular flexibility index (Phi) is 4.82. The maximum atomic E-state index is 13.6. The molecule has 2 aromatic rings. The average Bonchev–Trinajstić information content (AvgIpc) is 2.68. The van der Waals surface area contributed by atoms with Crippen LogP contribution in [0, 0.1) is 24.7 Å². The van der Waals surface area contributed by atoms with Crippen LogP contribution in [0.4, 0.5) is 10.5 Å². The van der Waals surface area contributed by atoms with Gasteiger partial charge < -0.3 is 10.2 Å². The number of hydrogen-bond donors (Lipinski definition) is 1. The van der Waals surface area contributed by atoms with Crippen molar-refractivity contribution in [1.82, 2.24) is 4.90 Å². The number of carbonyl (C=O) groups is 1. The van der Waals surface area contributed by atoms with Gasteiger partial charge in [0.05, 0.1) is 0 Å². The Bertz CT molecular complexity index is 855. The fourth-order valence-corrected chi connectivity index (χ4v) is 6.58. The standard InChI is InChI=1S/C25H29ClN2O/c1-17-2-8-23(9-3-17)27-24(29)28(16-18-4-6-22(26)7-5-18)25-13-19-10-20(14-25)12-21(11-19)15-25/h2-9,19-21H,10-16H2,1H3,(H,27,29). The number of hydrogen-bond acceptors (Lipinski definition) is 1. The predicted octanol–water partition coefficient (Wildman–Crippen LogP) is 6.65. The molecule has 4 aliphatic rings. The van der Waals surface area contributed by atoms with Crippen LogP contribution in [0.15, 0.2) is 48.5 Å². The van der Waals surface area contributed by atoms with E-state index in [0.717, 1.165) is 53.3 Å². The van der Waals surface area contributed by atoms with Gasteiger partial charge in [-0.2, -0.15) is 0 Å². The number of aryl methyl sites for hydroxylation is 1. The molecule has 4 heteroatoms. The predicted molar refractivity (Wildman–Crippen MR) is 118 cm³/mol. The molecule has 2 aromatic carbocycles. The summed E-state index contributed by atoms with van der Waals surface area (Å²) in [4.78, 5) is 15.7. The van der Waals surface area contributed by atoms with Crippen LogP contribution in [0.5, 0.6) is 0 Å². The van der Waals surface area contributed by atoms with Crippen LogP contribution in [-0.2, 0) is 6.54 Å². The van der Waals surface area contributed by atoms with Crippen molar-refractivity contribution in [3.63, 3.8) is 0 Å². The minimum Gasteiger partial charge on any atom is -0.315 e. The van der Waals surface area contributed by atoms with E-state index in [1.807, 2.05) is 36.4 Å².